The molecule has 644 valence electrons. The highest BCUT2D eigenvalue weighted by Gasteiger charge is 2.33. The smallest absolute Gasteiger partial charge is 0.305 e. The molecular formula is C76H100Cl2N14O26. The molecule has 0 saturated carbocycles. The van der Waals surface area contributed by atoms with Gasteiger partial charge in [0.1, 0.15) is 85.0 Å². The Hall–Kier alpha value is -13.1. The lowest BCUT2D eigenvalue weighted by molar-refractivity contribution is -0.140. The number of benzene rings is 4. The first kappa shape index (κ1) is 103. The molecule has 0 aliphatic rings. The molecular weight excluding hydrogens is 1600 g/mol. The molecule has 0 saturated heterocycles. The summed E-state index contributed by atoms with van der Waals surface area (Å²) in [6.07, 6.45) is -1.08. The Morgan fingerprint density at radius 1 is 0.339 bits per heavy atom. The van der Waals surface area contributed by atoms with Gasteiger partial charge in [-0.1, -0.05) is 50.9 Å². The predicted octanol–water partition coefficient (Wildman–Crippen LogP) is 0.249. The lowest BCUT2D eigenvalue weighted by Gasteiger charge is -2.24. The lowest BCUT2D eigenvalue weighted by atomic mass is 10.0. The maximum atomic E-state index is 12.8. The van der Waals surface area contributed by atoms with Crippen LogP contribution in [-0.4, -0.2) is 227 Å². The van der Waals surface area contributed by atoms with Crippen LogP contribution in [0.1, 0.15) is 147 Å². The van der Waals surface area contributed by atoms with Crippen LogP contribution in [0, 0.1) is 25.7 Å². The number of amides is 12. The third-order valence-electron chi connectivity index (χ3n) is 16.3. The number of carbonyl (C=O) groups excluding carboxylic acids is 16. The number of carboxylic acids is 4. The van der Waals surface area contributed by atoms with Crippen molar-refractivity contribution in [2.45, 2.75) is 181 Å². The van der Waals surface area contributed by atoms with Gasteiger partial charge < -0.3 is 124 Å². The standard InChI is InChI=1S/C22H31N3O7.C19H25ClN4O6.C18H23N3O7.C17H21ClN4O6/c1-11(2)18(25-21(30)15-7-12(3)19(32-6)13(4)8-15)22(31)23-14(5)20(29)24-16(10-26)9-17(27)28;1-9(2)16(24-18(29)11-4-5-14(21)13(20)6-11)19(30)22-10(3)17(28)23-12(8-25)7-15(26)27;1-10(20-18(27)12-4-6-14(28-3)7-5-12)16(25)19-11(2)17(26)21-13(9-22)8-15(23)24;1-8(21-17(28)10-3-4-13(19)12(18)5-10)15(26)20-9(2)16(27)22-11(7-23)6-14(24)25/h7-8,10-11,14,16,18H,9H2,1-6H3,(H,23,31)(H,24,29)(H,25,30)(H,27,28);4-6,8-10,12,16H,7,21H2,1-3H3,(H,22,30)(H,23,28)(H,24,29)(H,26,27);4-7,9-11,13H,8H2,1-3H3,(H,19,25)(H,20,27)(H,21,26)(H,23,24);3-5,7-9,11H,6,19H2,1-2H3,(H,20,26)(H,21,28)(H,22,27)(H,24,25)/t14-,16-,18-;10-,12-,16-;10-,11-,13-;8-,9-,11-/m0000/s1. The topological polar surface area (TPSA) is 637 Å². The molecule has 42 heteroatoms. The molecule has 12 amide bonds. The third kappa shape index (κ3) is 36.6. The molecule has 0 aliphatic heterocycles. The molecule has 4 aromatic rings. The summed E-state index contributed by atoms with van der Waals surface area (Å²) in [5.74, 6) is -11.8. The van der Waals surface area contributed by atoms with E-state index in [-0.39, 0.29) is 33.0 Å². The van der Waals surface area contributed by atoms with Gasteiger partial charge in [-0.3, -0.25) is 76.7 Å². The second-order valence-corrected chi connectivity index (χ2v) is 27.8. The van der Waals surface area contributed by atoms with Crippen molar-refractivity contribution in [1.29, 1.82) is 0 Å². The maximum absolute atomic E-state index is 12.8. The summed E-state index contributed by atoms with van der Waals surface area (Å²) >= 11 is 11.8. The summed E-state index contributed by atoms with van der Waals surface area (Å²) in [6.45, 7) is 18.9. The Balaban J connectivity index is 0.000000788. The molecule has 0 aliphatic carbocycles. The molecule has 20 N–H and O–H groups in total. The predicted molar refractivity (Wildman–Crippen MR) is 425 cm³/mol. The zero-order valence-corrected chi connectivity index (χ0v) is 68.3. The SMILES string of the molecule is CC(C)[C@H](NC(=O)c1ccc(N)c(Cl)c1)C(=O)N[C@@H](C)C(=O)N[C@H](C=O)CC(=O)O.COc1c(C)cc(C(=O)N[C@H](C(=O)N[C@@H](C)C(=O)N[C@H](C=O)CC(=O)O)C(C)C)cc1C.COc1ccc(C(=O)N[C@@H](C)C(=O)N[C@@H](C)C(=O)N[C@H](C=O)CC(=O)O)cc1.C[C@H](NC(=O)c1ccc(N)c(Cl)c1)C(=O)N[C@@H](C)C(=O)N[C@H](C=O)CC(=O)O. The Morgan fingerprint density at radius 2 is 0.585 bits per heavy atom. The number of anilines is 2. The van der Waals surface area contributed by atoms with Gasteiger partial charge in [0.05, 0.1) is 85.5 Å². The van der Waals surface area contributed by atoms with Gasteiger partial charge in [-0.2, -0.15) is 0 Å². The van der Waals surface area contributed by atoms with Crippen molar-refractivity contribution >= 4 is 154 Å². The van der Waals surface area contributed by atoms with E-state index in [0.29, 0.717) is 59.1 Å². The van der Waals surface area contributed by atoms with Gasteiger partial charge >= 0.3 is 23.9 Å². The fraction of sp³-hybridized carbons (Fsp3) is 0.421. The quantitative estimate of drug-likeness (QED) is 0.0210. The van der Waals surface area contributed by atoms with Crippen LogP contribution < -0.4 is 84.7 Å². The molecule has 0 aromatic heterocycles. The Morgan fingerprint density at radius 3 is 0.839 bits per heavy atom. The van der Waals surface area contributed by atoms with Gasteiger partial charge in [-0.25, -0.2) is 0 Å². The van der Waals surface area contributed by atoms with Crippen LogP contribution in [0.2, 0.25) is 10.0 Å². The average Bonchev–Trinajstić information content (AvgIpc) is 0.837. The highest BCUT2D eigenvalue weighted by atomic mass is 35.5. The fourth-order valence-electron chi connectivity index (χ4n) is 9.75. The fourth-order valence-corrected chi connectivity index (χ4v) is 10.1. The number of halogens is 2. The van der Waals surface area contributed by atoms with Crippen LogP contribution in [0.3, 0.4) is 0 Å². The Labute approximate surface area is 687 Å². The minimum Gasteiger partial charge on any atom is -0.497 e. The number of carbonyl (C=O) groups is 20. The van der Waals surface area contributed by atoms with Gasteiger partial charge in [0.25, 0.3) is 23.6 Å². The second-order valence-electron chi connectivity index (χ2n) is 26.9. The molecule has 0 spiro atoms. The van der Waals surface area contributed by atoms with E-state index >= 15 is 0 Å². The van der Waals surface area contributed by atoms with Crippen molar-refractivity contribution in [3.63, 3.8) is 0 Å². The molecule has 0 fully saturated rings. The summed E-state index contributed by atoms with van der Waals surface area (Å²) in [6, 6.07) is 5.28. The number of aldehydes is 4. The van der Waals surface area contributed by atoms with Crippen LogP contribution in [0.15, 0.2) is 72.8 Å². The van der Waals surface area contributed by atoms with Gasteiger partial charge in [-0.05, 0) is 151 Å². The van der Waals surface area contributed by atoms with Gasteiger partial charge in [0.2, 0.25) is 47.3 Å². The molecule has 118 heavy (non-hydrogen) atoms. The van der Waals surface area contributed by atoms with Gasteiger partial charge in [-0.15, -0.1) is 0 Å². The van der Waals surface area contributed by atoms with E-state index in [4.69, 9.17) is 64.6 Å². The summed E-state index contributed by atoms with van der Waals surface area (Å²) in [5.41, 5.74) is 14.5. The number of rotatable bonds is 40. The number of carboxylic acid groups (broad SMARTS) is 4. The van der Waals surface area contributed by atoms with E-state index in [1.165, 1.54) is 97.2 Å². The lowest BCUT2D eigenvalue weighted by Crippen LogP contribution is -2.55. The van der Waals surface area contributed by atoms with Crippen molar-refractivity contribution in [3.8, 4) is 11.5 Å². The number of nitrogens with two attached hydrogens (primary N) is 2. The number of nitrogens with one attached hydrogen (secondary N) is 12. The van der Waals surface area contributed by atoms with Gasteiger partial charge in [0.15, 0.2) is 0 Å². The zero-order chi connectivity index (χ0) is 90.3. The summed E-state index contributed by atoms with van der Waals surface area (Å²) < 4.78 is 10.3. The highest BCUT2D eigenvalue weighted by Crippen LogP contribution is 2.25. The molecule has 0 radical (unpaired) electrons. The van der Waals surface area contributed by atoms with Gasteiger partial charge in [0, 0.05) is 22.3 Å². The van der Waals surface area contributed by atoms with Crippen LogP contribution in [0.5, 0.6) is 11.5 Å². The first-order valence-corrected chi connectivity index (χ1v) is 36.6. The summed E-state index contributed by atoms with van der Waals surface area (Å²) in [5, 5.41) is 64.0. The molecule has 4 rings (SSSR count). The first-order valence-electron chi connectivity index (χ1n) is 35.8. The summed E-state index contributed by atoms with van der Waals surface area (Å²) in [7, 11) is 3.04. The van der Waals surface area contributed by atoms with Crippen molar-refractivity contribution in [2.75, 3.05) is 25.7 Å². The molecule has 0 heterocycles. The number of hydrogen-bond donors (Lipinski definition) is 18. The van der Waals surface area contributed by atoms with E-state index in [1.54, 1.807) is 59.1 Å². The van der Waals surface area contributed by atoms with Crippen molar-refractivity contribution in [1.82, 2.24) is 63.8 Å². The number of methoxy groups -OCH3 is 2. The monoisotopic (exact) mass is 1690 g/mol. The van der Waals surface area contributed by atoms with Crippen molar-refractivity contribution < 1.29 is 126 Å². The second kappa shape index (κ2) is 50.9. The minimum absolute atomic E-state index is 0.196. The van der Waals surface area contributed by atoms with E-state index < -0.39 is 193 Å². The van der Waals surface area contributed by atoms with Crippen LogP contribution in [-0.2, 0) is 76.7 Å². The van der Waals surface area contributed by atoms with E-state index in [2.05, 4.69) is 63.8 Å². The van der Waals surface area contributed by atoms with E-state index in [0.717, 1.165) is 11.1 Å². The van der Waals surface area contributed by atoms with Crippen LogP contribution >= 0.6 is 23.2 Å². The molecule has 4 aromatic carbocycles. The number of aryl methyl sites for hydroxylation is 2. The third-order valence-corrected chi connectivity index (χ3v) is 17.0. The van der Waals surface area contributed by atoms with Crippen LogP contribution in [0.4, 0.5) is 11.4 Å². The maximum Gasteiger partial charge on any atom is 0.305 e. The van der Waals surface area contributed by atoms with Crippen molar-refractivity contribution in [2.24, 2.45) is 11.8 Å². The largest absolute Gasteiger partial charge is 0.497 e. The molecule has 12 atom stereocenters. The molecule has 40 nitrogen and oxygen atoms in total. The number of ether oxygens (including phenoxy) is 2. The zero-order valence-electron chi connectivity index (χ0n) is 66.8. The average molecular weight is 1700 g/mol. The van der Waals surface area contributed by atoms with E-state index in [9.17, 15) is 95.9 Å². The summed E-state index contributed by atoms with van der Waals surface area (Å²) in [4.78, 5) is 234. The first-order chi connectivity index (χ1) is 55.1. The Kier molecular flexibility index (Phi) is 44.4. The minimum atomic E-state index is -1.26. The van der Waals surface area contributed by atoms with E-state index in [1.807, 2.05) is 13.8 Å². The number of aliphatic carboxylic acids is 4. The number of nitrogen functional groups attached to an aromatic ring is 2. The molecule has 0 bridgehead atoms. The Bertz CT molecular complexity index is 4280. The highest BCUT2D eigenvalue weighted by molar-refractivity contribution is 6.34. The molecule has 0 unspecified atom stereocenters. The van der Waals surface area contributed by atoms with Crippen molar-refractivity contribution in [3.05, 3.63) is 116 Å². The normalized spacial score (nSPS) is 13.5. The van der Waals surface area contributed by atoms with Crippen LogP contribution in [0.25, 0.3) is 0 Å². The number of hydrogen-bond acceptors (Lipinski definition) is 24.